The summed E-state index contributed by atoms with van der Waals surface area (Å²) in [4.78, 5) is 13.6. The fourth-order valence-electron chi connectivity index (χ4n) is 1.51. The first-order valence-electron chi connectivity index (χ1n) is 4.90. The summed E-state index contributed by atoms with van der Waals surface area (Å²) < 4.78 is 22.5. The monoisotopic (exact) mass is 329 g/mol. The number of rotatable bonds is 2. The van der Waals surface area contributed by atoms with Gasteiger partial charge in [-0.1, -0.05) is 15.9 Å². The summed E-state index contributed by atoms with van der Waals surface area (Å²) in [6.07, 6.45) is 1.19. The van der Waals surface area contributed by atoms with Gasteiger partial charge in [0.1, 0.15) is 5.37 Å². The van der Waals surface area contributed by atoms with E-state index in [2.05, 4.69) is 15.9 Å². The minimum Gasteiger partial charge on any atom is -0.323 e. The van der Waals surface area contributed by atoms with Gasteiger partial charge in [-0.05, 0) is 13.8 Å². The second-order valence-electron chi connectivity index (χ2n) is 4.33. The van der Waals surface area contributed by atoms with Crippen molar-refractivity contribution in [2.75, 3.05) is 24.3 Å². The van der Waals surface area contributed by atoms with Gasteiger partial charge in [0.15, 0.2) is 9.84 Å². The third-order valence-corrected chi connectivity index (χ3v) is 5.33. The summed E-state index contributed by atoms with van der Waals surface area (Å²) in [6.45, 7) is 3.96. The van der Waals surface area contributed by atoms with Crippen LogP contribution in [0.3, 0.4) is 0 Å². The Hall–Kier alpha value is 0.250. The fraction of sp³-hybridized carbons (Fsp3) is 0.889. The van der Waals surface area contributed by atoms with Crippen molar-refractivity contribution in [1.82, 2.24) is 4.90 Å². The van der Waals surface area contributed by atoms with Crippen molar-refractivity contribution in [1.29, 1.82) is 0 Å². The largest absolute Gasteiger partial charge is 0.323 e. The molecule has 0 bridgehead atoms. The lowest BCUT2D eigenvalue weighted by Gasteiger charge is -2.37. The van der Waals surface area contributed by atoms with Gasteiger partial charge in [-0.15, -0.1) is 0 Å². The van der Waals surface area contributed by atoms with E-state index >= 15 is 0 Å². The minimum absolute atomic E-state index is 0.164. The van der Waals surface area contributed by atoms with Gasteiger partial charge in [-0.25, -0.2) is 8.42 Å². The average Bonchev–Trinajstić information content (AvgIpc) is 2.14. The fourth-order valence-corrected chi connectivity index (χ4v) is 4.55. The molecule has 0 spiro atoms. The topological polar surface area (TPSA) is 54.5 Å². The van der Waals surface area contributed by atoms with Crippen LogP contribution in [0.25, 0.3) is 0 Å². The van der Waals surface area contributed by atoms with Gasteiger partial charge in [-0.2, -0.15) is 11.8 Å². The van der Waals surface area contributed by atoms with Crippen molar-refractivity contribution in [2.45, 2.75) is 23.5 Å². The maximum Gasteiger partial charge on any atom is 0.240 e. The Bertz CT molecular complexity index is 375. The standard InChI is InChI=1S/C9H16BrNO3S2/c1-9(2,10)8(12)11-4-5-15-6-7(11)16(3,13)14/h7H,4-6H2,1-3H3. The van der Waals surface area contributed by atoms with Gasteiger partial charge < -0.3 is 4.90 Å². The molecule has 0 saturated carbocycles. The SMILES string of the molecule is CC(C)(Br)C(=O)N1CCSCC1S(C)(=O)=O. The van der Waals surface area contributed by atoms with E-state index in [1.165, 1.54) is 11.2 Å². The number of nitrogens with zero attached hydrogens (tertiary/aromatic N) is 1. The molecule has 0 aromatic rings. The van der Waals surface area contributed by atoms with E-state index in [1.807, 2.05) is 0 Å². The maximum atomic E-state index is 12.1. The van der Waals surface area contributed by atoms with E-state index in [1.54, 1.807) is 25.6 Å². The molecule has 1 amide bonds. The second kappa shape index (κ2) is 4.86. The molecule has 0 N–H and O–H groups in total. The molecule has 7 heteroatoms. The molecule has 1 saturated heterocycles. The average molecular weight is 330 g/mol. The summed E-state index contributed by atoms with van der Waals surface area (Å²) in [7, 11) is -3.22. The zero-order valence-electron chi connectivity index (χ0n) is 9.57. The number of hydrogen-bond acceptors (Lipinski definition) is 4. The quantitative estimate of drug-likeness (QED) is 0.712. The summed E-state index contributed by atoms with van der Waals surface area (Å²) in [5.41, 5.74) is 0. The third-order valence-electron chi connectivity index (χ3n) is 2.35. The van der Waals surface area contributed by atoms with E-state index < -0.39 is 19.5 Å². The van der Waals surface area contributed by atoms with Gasteiger partial charge in [0, 0.05) is 24.3 Å². The van der Waals surface area contributed by atoms with Crippen LogP contribution in [0.15, 0.2) is 0 Å². The highest BCUT2D eigenvalue weighted by Crippen LogP contribution is 2.26. The van der Waals surface area contributed by atoms with Gasteiger partial charge in [-0.3, -0.25) is 4.79 Å². The Balaban J connectivity index is 2.96. The first-order chi connectivity index (χ1) is 7.14. The van der Waals surface area contributed by atoms with E-state index in [0.717, 1.165) is 5.75 Å². The van der Waals surface area contributed by atoms with Crippen LogP contribution < -0.4 is 0 Å². The number of hydrogen-bond donors (Lipinski definition) is 0. The lowest BCUT2D eigenvalue weighted by Crippen LogP contribution is -2.54. The number of halogens is 1. The van der Waals surface area contributed by atoms with Crippen LogP contribution in [-0.4, -0.2) is 53.2 Å². The molecule has 1 aliphatic rings. The maximum absolute atomic E-state index is 12.1. The molecule has 0 aliphatic carbocycles. The van der Waals surface area contributed by atoms with Crippen molar-refractivity contribution in [3.05, 3.63) is 0 Å². The number of sulfone groups is 1. The molecule has 1 aliphatic heterocycles. The number of alkyl halides is 1. The van der Waals surface area contributed by atoms with Crippen LogP contribution in [0, 0.1) is 0 Å². The summed E-state index contributed by atoms with van der Waals surface area (Å²) >= 11 is 4.85. The molecule has 4 nitrogen and oxygen atoms in total. The predicted molar refractivity (Wildman–Crippen MR) is 70.7 cm³/mol. The molecule has 1 unspecified atom stereocenters. The number of carbonyl (C=O) groups is 1. The number of amides is 1. The number of thioether (sulfide) groups is 1. The third kappa shape index (κ3) is 3.37. The van der Waals surface area contributed by atoms with E-state index in [4.69, 9.17) is 0 Å². The van der Waals surface area contributed by atoms with Crippen LogP contribution >= 0.6 is 27.7 Å². The van der Waals surface area contributed by atoms with E-state index in [9.17, 15) is 13.2 Å². The summed E-state index contributed by atoms with van der Waals surface area (Å²) in [5.74, 6) is 1.09. The van der Waals surface area contributed by atoms with Crippen molar-refractivity contribution in [3.63, 3.8) is 0 Å². The lowest BCUT2D eigenvalue weighted by molar-refractivity contribution is -0.133. The van der Waals surface area contributed by atoms with Crippen molar-refractivity contribution >= 4 is 43.4 Å². The lowest BCUT2D eigenvalue weighted by atomic mass is 10.2. The van der Waals surface area contributed by atoms with E-state index in [-0.39, 0.29) is 5.91 Å². The molecular weight excluding hydrogens is 314 g/mol. The molecule has 94 valence electrons. The van der Waals surface area contributed by atoms with E-state index in [0.29, 0.717) is 12.3 Å². The predicted octanol–water partition coefficient (Wildman–Crippen LogP) is 1.11. The van der Waals surface area contributed by atoms with Crippen LogP contribution in [-0.2, 0) is 14.6 Å². The van der Waals surface area contributed by atoms with Crippen LogP contribution in [0.2, 0.25) is 0 Å². The number of carbonyl (C=O) groups excluding carboxylic acids is 1. The Labute approximate surface area is 109 Å². The van der Waals surface area contributed by atoms with Gasteiger partial charge >= 0.3 is 0 Å². The molecular formula is C9H16BrNO3S2. The Morgan fingerprint density at radius 1 is 1.50 bits per heavy atom. The smallest absolute Gasteiger partial charge is 0.240 e. The Morgan fingerprint density at radius 2 is 2.06 bits per heavy atom. The highest BCUT2D eigenvalue weighted by molar-refractivity contribution is 9.10. The van der Waals surface area contributed by atoms with Crippen molar-refractivity contribution in [3.8, 4) is 0 Å². The van der Waals surface area contributed by atoms with Crippen LogP contribution in [0.5, 0.6) is 0 Å². The zero-order valence-corrected chi connectivity index (χ0v) is 12.8. The Morgan fingerprint density at radius 3 is 2.50 bits per heavy atom. The first-order valence-corrected chi connectivity index (χ1v) is 8.81. The molecule has 1 fully saturated rings. The molecule has 0 aromatic carbocycles. The van der Waals surface area contributed by atoms with Crippen LogP contribution in [0.4, 0.5) is 0 Å². The first kappa shape index (κ1) is 14.3. The molecule has 0 aromatic heterocycles. The van der Waals surface area contributed by atoms with Crippen LogP contribution in [0.1, 0.15) is 13.8 Å². The summed E-state index contributed by atoms with van der Waals surface area (Å²) in [6, 6.07) is 0. The molecule has 16 heavy (non-hydrogen) atoms. The second-order valence-corrected chi connectivity index (χ2v) is 9.67. The summed E-state index contributed by atoms with van der Waals surface area (Å²) in [5, 5.41) is -0.685. The van der Waals surface area contributed by atoms with Gasteiger partial charge in [0.25, 0.3) is 0 Å². The minimum atomic E-state index is -3.22. The van der Waals surface area contributed by atoms with Gasteiger partial charge in [0.05, 0.1) is 4.32 Å². The highest BCUT2D eigenvalue weighted by Gasteiger charge is 2.39. The van der Waals surface area contributed by atoms with Crippen molar-refractivity contribution < 1.29 is 13.2 Å². The molecule has 1 rings (SSSR count). The molecule has 1 heterocycles. The molecule has 0 radical (unpaired) electrons. The normalized spacial score (nSPS) is 23.2. The Kier molecular flexibility index (Phi) is 4.34. The molecule has 1 atom stereocenters. The van der Waals surface area contributed by atoms with Crippen molar-refractivity contribution in [2.24, 2.45) is 0 Å². The highest BCUT2D eigenvalue weighted by atomic mass is 79.9. The zero-order chi connectivity index (χ0) is 12.6. The van der Waals surface area contributed by atoms with Gasteiger partial charge in [0.2, 0.25) is 5.91 Å².